The third kappa shape index (κ3) is 4.39. The third-order valence-electron chi connectivity index (χ3n) is 5.39. The van der Waals surface area contributed by atoms with E-state index >= 15 is 0 Å². The zero-order chi connectivity index (χ0) is 21.0. The second kappa shape index (κ2) is 9.01. The van der Waals surface area contributed by atoms with E-state index in [9.17, 15) is 0 Å². The van der Waals surface area contributed by atoms with Gasteiger partial charge in [0.05, 0.1) is 17.6 Å². The normalized spacial score (nSPS) is 14.9. The molecule has 0 bridgehead atoms. The summed E-state index contributed by atoms with van der Waals surface area (Å²) in [6.45, 7) is 4.70. The molecule has 31 heavy (non-hydrogen) atoms. The minimum Gasteiger partial charge on any atom is -0.351 e. The maximum Gasteiger partial charge on any atom is 0.203 e. The number of benzene rings is 1. The minimum absolute atomic E-state index is 0.678. The first-order valence-corrected chi connectivity index (χ1v) is 11.1. The fraction of sp³-hybridized carbons (Fsp3) is 0.273. The molecule has 0 aliphatic carbocycles. The Morgan fingerprint density at radius 2 is 1.81 bits per heavy atom. The Labute approximate surface area is 185 Å². The van der Waals surface area contributed by atoms with Crippen LogP contribution in [0.2, 0.25) is 0 Å². The Balaban J connectivity index is 1.36. The van der Waals surface area contributed by atoms with Gasteiger partial charge in [0.15, 0.2) is 11.5 Å². The summed E-state index contributed by atoms with van der Waals surface area (Å²) < 4.78 is 5.40. The van der Waals surface area contributed by atoms with Crippen LogP contribution in [0, 0.1) is 0 Å². The number of aromatic nitrogens is 5. The van der Waals surface area contributed by atoms with Crippen LogP contribution in [0.4, 0.5) is 5.82 Å². The van der Waals surface area contributed by atoms with Gasteiger partial charge in [-0.1, -0.05) is 30.3 Å². The molecule has 0 amide bonds. The smallest absolute Gasteiger partial charge is 0.203 e. The fourth-order valence-corrected chi connectivity index (χ4v) is 4.27. The van der Waals surface area contributed by atoms with E-state index in [2.05, 4.69) is 53.1 Å². The zero-order valence-corrected chi connectivity index (χ0v) is 18.2. The Kier molecular flexibility index (Phi) is 5.79. The van der Waals surface area contributed by atoms with Crippen LogP contribution in [0.15, 0.2) is 66.3 Å². The van der Waals surface area contributed by atoms with E-state index in [0.717, 1.165) is 55.6 Å². The SMILES string of the molecule is CN1CCN(c2nccn3c(-c4ccnc(SNCc5ccccc5)n4)cnc23)CC1. The first kappa shape index (κ1) is 19.9. The van der Waals surface area contributed by atoms with E-state index in [1.165, 1.54) is 17.5 Å². The Hall–Kier alpha value is -3.01. The molecular formula is C22H24N8S. The van der Waals surface area contributed by atoms with Crippen LogP contribution in [0.5, 0.6) is 0 Å². The highest BCUT2D eigenvalue weighted by atomic mass is 32.2. The highest BCUT2D eigenvalue weighted by Gasteiger charge is 2.20. The van der Waals surface area contributed by atoms with Crippen molar-refractivity contribution in [2.24, 2.45) is 0 Å². The fourth-order valence-electron chi connectivity index (χ4n) is 3.65. The molecule has 9 heteroatoms. The molecule has 8 nitrogen and oxygen atoms in total. The molecule has 1 fully saturated rings. The quantitative estimate of drug-likeness (QED) is 0.368. The second-order valence-electron chi connectivity index (χ2n) is 7.51. The van der Waals surface area contributed by atoms with E-state index < -0.39 is 0 Å². The van der Waals surface area contributed by atoms with Crippen LogP contribution in [-0.2, 0) is 6.54 Å². The summed E-state index contributed by atoms with van der Waals surface area (Å²) in [6, 6.07) is 12.2. The molecule has 4 aromatic rings. The molecule has 0 radical (unpaired) electrons. The molecule has 4 heterocycles. The summed E-state index contributed by atoms with van der Waals surface area (Å²) in [5, 5.41) is 0.678. The summed E-state index contributed by atoms with van der Waals surface area (Å²) in [6.07, 6.45) is 7.44. The Morgan fingerprint density at radius 3 is 2.65 bits per heavy atom. The van der Waals surface area contributed by atoms with Crippen molar-refractivity contribution in [2.45, 2.75) is 11.7 Å². The standard InChI is InChI=1S/C22H24N8S/c1-28-11-13-29(14-12-28)20-21-25-16-19(30(21)10-9-23-20)18-7-8-24-22(27-18)31-26-15-17-5-3-2-4-6-17/h2-10,16,26H,11-15H2,1H3. The summed E-state index contributed by atoms with van der Waals surface area (Å²) in [7, 11) is 2.15. The molecule has 0 unspecified atom stereocenters. The average molecular weight is 433 g/mol. The summed E-state index contributed by atoms with van der Waals surface area (Å²) in [4.78, 5) is 23.1. The molecule has 0 atom stereocenters. The molecule has 1 N–H and O–H groups in total. The lowest BCUT2D eigenvalue weighted by atomic mass is 10.2. The van der Waals surface area contributed by atoms with Gasteiger partial charge in [-0.3, -0.25) is 9.12 Å². The van der Waals surface area contributed by atoms with E-state index in [4.69, 9.17) is 4.98 Å². The van der Waals surface area contributed by atoms with Gasteiger partial charge < -0.3 is 9.80 Å². The number of hydrogen-bond acceptors (Lipinski definition) is 8. The number of piperazine rings is 1. The van der Waals surface area contributed by atoms with Gasteiger partial charge >= 0.3 is 0 Å². The predicted octanol–water partition coefficient (Wildman–Crippen LogP) is 2.74. The van der Waals surface area contributed by atoms with Crippen LogP contribution in [-0.4, -0.2) is 62.5 Å². The molecule has 1 aliphatic rings. The lowest BCUT2D eigenvalue weighted by Gasteiger charge is -2.33. The number of anilines is 1. The largest absolute Gasteiger partial charge is 0.351 e. The Morgan fingerprint density at radius 1 is 0.968 bits per heavy atom. The minimum atomic E-state index is 0.678. The number of rotatable bonds is 6. The summed E-state index contributed by atoms with van der Waals surface area (Å²) in [5.41, 5.74) is 3.84. The molecule has 1 aromatic carbocycles. The third-order valence-corrected chi connectivity index (χ3v) is 6.06. The van der Waals surface area contributed by atoms with Gasteiger partial charge in [-0.25, -0.2) is 19.9 Å². The number of nitrogens with zero attached hydrogens (tertiary/aromatic N) is 7. The van der Waals surface area contributed by atoms with Crippen LogP contribution in [0.1, 0.15) is 5.56 Å². The summed E-state index contributed by atoms with van der Waals surface area (Å²) >= 11 is 1.43. The van der Waals surface area contributed by atoms with Crippen molar-refractivity contribution >= 4 is 23.4 Å². The molecule has 1 aliphatic heterocycles. The number of nitrogens with one attached hydrogen (secondary N) is 1. The maximum atomic E-state index is 4.74. The zero-order valence-electron chi connectivity index (χ0n) is 17.3. The number of fused-ring (bicyclic) bond motifs is 1. The monoisotopic (exact) mass is 432 g/mol. The van der Waals surface area contributed by atoms with Crippen molar-refractivity contribution < 1.29 is 0 Å². The lowest BCUT2D eigenvalue weighted by Crippen LogP contribution is -2.45. The number of likely N-dealkylation sites (N-methyl/N-ethyl adjacent to an activating group) is 1. The van der Waals surface area contributed by atoms with Crippen molar-refractivity contribution in [1.82, 2.24) is 34.0 Å². The molecule has 0 saturated carbocycles. The topological polar surface area (TPSA) is 74.5 Å². The summed E-state index contributed by atoms with van der Waals surface area (Å²) in [5.74, 6) is 0.926. The molecular weight excluding hydrogens is 408 g/mol. The van der Waals surface area contributed by atoms with E-state index in [1.54, 1.807) is 6.20 Å². The first-order valence-electron chi connectivity index (χ1n) is 10.3. The van der Waals surface area contributed by atoms with Gasteiger partial charge in [0, 0.05) is 51.3 Å². The maximum absolute atomic E-state index is 4.74. The lowest BCUT2D eigenvalue weighted by molar-refractivity contribution is 0.312. The van der Waals surface area contributed by atoms with E-state index in [-0.39, 0.29) is 0 Å². The van der Waals surface area contributed by atoms with Crippen LogP contribution >= 0.6 is 11.9 Å². The first-order chi connectivity index (χ1) is 15.3. The molecule has 0 spiro atoms. The molecule has 158 valence electrons. The van der Waals surface area contributed by atoms with Gasteiger partial charge in [-0.15, -0.1) is 0 Å². The average Bonchev–Trinajstić information content (AvgIpc) is 3.25. The van der Waals surface area contributed by atoms with Crippen molar-refractivity contribution in [1.29, 1.82) is 0 Å². The Bertz CT molecular complexity index is 1150. The predicted molar refractivity (Wildman–Crippen MR) is 123 cm³/mol. The van der Waals surface area contributed by atoms with E-state index in [0.29, 0.717) is 5.16 Å². The van der Waals surface area contributed by atoms with Crippen molar-refractivity contribution in [3.8, 4) is 11.4 Å². The highest BCUT2D eigenvalue weighted by Crippen LogP contribution is 2.25. The van der Waals surface area contributed by atoms with Crippen LogP contribution < -0.4 is 9.62 Å². The van der Waals surface area contributed by atoms with Gasteiger partial charge in [0.1, 0.15) is 0 Å². The molecule has 1 saturated heterocycles. The number of hydrogen-bond donors (Lipinski definition) is 1. The van der Waals surface area contributed by atoms with Gasteiger partial charge in [0.25, 0.3) is 0 Å². The number of imidazole rings is 1. The second-order valence-corrected chi connectivity index (χ2v) is 8.37. The van der Waals surface area contributed by atoms with Crippen molar-refractivity contribution in [2.75, 3.05) is 38.1 Å². The van der Waals surface area contributed by atoms with Gasteiger partial charge in [-0.05, 0) is 30.6 Å². The van der Waals surface area contributed by atoms with E-state index in [1.807, 2.05) is 42.9 Å². The van der Waals surface area contributed by atoms with Crippen molar-refractivity contribution in [3.05, 3.63) is 66.7 Å². The van der Waals surface area contributed by atoms with Crippen molar-refractivity contribution in [3.63, 3.8) is 0 Å². The molecule has 3 aromatic heterocycles. The highest BCUT2D eigenvalue weighted by molar-refractivity contribution is 7.97. The van der Waals surface area contributed by atoms with Crippen LogP contribution in [0.25, 0.3) is 17.0 Å². The van der Waals surface area contributed by atoms with Crippen LogP contribution in [0.3, 0.4) is 0 Å². The van der Waals surface area contributed by atoms with Gasteiger partial charge in [-0.2, -0.15) is 0 Å². The van der Waals surface area contributed by atoms with Gasteiger partial charge in [0.2, 0.25) is 5.16 Å². The molecule has 5 rings (SSSR count).